The minimum absolute atomic E-state index is 0. The van der Waals surface area contributed by atoms with E-state index in [4.69, 9.17) is 16.6 Å². The van der Waals surface area contributed by atoms with Crippen LogP contribution >= 0.6 is 0 Å². The molecule has 0 saturated heterocycles. The molecule has 0 fully saturated rings. The van der Waals surface area contributed by atoms with Crippen LogP contribution in [-0.2, 0) is 4.79 Å². The first-order chi connectivity index (χ1) is 3.63. The van der Waals surface area contributed by atoms with Gasteiger partial charge in [0, 0.05) is 40.8 Å². The third kappa shape index (κ3) is 11.6. The van der Waals surface area contributed by atoms with Gasteiger partial charge in [0.15, 0.2) is 5.96 Å². The molecule has 0 atom stereocenters. The van der Waals surface area contributed by atoms with E-state index in [1.54, 1.807) is 0 Å². The SMILES string of the molecule is NC(N)=NCC(=O)O.[Nd]. The summed E-state index contributed by atoms with van der Waals surface area (Å²) in [5.74, 6) is -1.24. The third-order valence-electron chi connectivity index (χ3n) is 0.397. The van der Waals surface area contributed by atoms with Gasteiger partial charge in [-0.05, 0) is 0 Å². The Morgan fingerprint density at radius 3 is 2.11 bits per heavy atom. The molecule has 0 aliphatic carbocycles. The second kappa shape index (κ2) is 6.21. The van der Waals surface area contributed by atoms with Gasteiger partial charge < -0.3 is 16.6 Å². The summed E-state index contributed by atoms with van der Waals surface area (Å²) in [6.07, 6.45) is 0. The van der Waals surface area contributed by atoms with Crippen LogP contribution in [0.4, 0.5) is 0 Å². The van der Waals surface area contributed by atoms with Crippen molar-refractivity contribution >= 4 is 11.9 Å². The molecule has 6 heteroatoms. The molecule has 5 N–H and O–H groups in total. The van der Waals surface area contributed by atoms with Crippen LogP contribution in [0, 0.1) is 40.8 Å². The molecule has 50 valence electrons. The van der Waals surface area contributed by atoms with Crippen LogP contribution in [-0.4, -0.2) is 23.6 Å². The van der Waals surface area contributed by atoms with Gasteiger partial charge in [0.1, 0.15) is 6.54 Å². The van der Waals surface area contributed by atoms with Crippen LogP contribution in [0.15, 0.2) is 4.99 Å². The molecule has 0 aliphatic rings. The van der Waals surface area contributed by atoms with Gasteiger partial charge in [0.25, 0.3) is 0 Å². The largest absolute Gasteiger partial charge is 0.480 e. The summed E-state index contributed by atoms with van der Waals surface area (Å²) in [7, 11) is 0. The van der Waals surface area contributed by atoms with Crippen molar-refractivity contribution in [3.63, 3.8) is 0 Å². The molecule has 9 heavy (non-hydrogen) atoms. The summed E-state index contributed by atoms with van der Waals surface area (Å²) in [6, 6.07) is 0. The van der Waals surface area contributed by atoms with E-state index >= 15 is 0 Å². The molecule has 0 saturated carbocycles. The molecule has 0 heterocycles. The van der Waals surface area contributed by atoms with Gasteiger partial charge in [-0.2, -0.15) is 0 Å². The molecule has 0 radical (unpaired) electrons. The van der Waals surface area contributed by atoms with E-state index in [1.807, 2.05) is 0 Å². The number of aliphatic carboxylic acids is 1. The molecule has 0 spiro atoms. The van der Waals surface area contributed by atoms with Crippen molar-refractivity contribution in [1.82, 2.24) is 0 Å². The predicted octanol–water partition coefficient (Wildman–Crippen LogP) is -1.66. The number of nitrogens with two attached hydrogens (primary N) is 2. The van der Waals surface area contributed by atoms with E-state index in [2.05, 4.69) is 4.99 Å². The molecular weight excluding hydrogens is 254 g/mol. The summed E-state index contributed by atoms with van der Waals surface area (Å²) in [5.41, 5.74) is 9.61. The summed E-state index contributed by atoms with van der Waals surface area (Å²) < 4.78 is 0. The number of guanidine groups is 1. The Bertz CT molecular complexity index is 120. The van der Waals surface area contributed by atoms with Crippen molar-refractivity contribution in [2.75, 3.05) is 6.54 Å². The molecule has 0 aromatic carbocycles. The second-order valence-corrected chi connectivity index (χ2v) is 1.13. The molecule has 0 aromatic rings. The van der Waals surface area contributed by atoms with Crippen LogP contribution < -0.4 is 11.5 Å². The number of carbonyl (C=O) groups is 1. The average Bonchev–Trinajstić information content (AvgIpc) is 1.61. The molecule has 0 aliphatic heterocycles. The van der Waals surface area contributed by atoms with Gasteiger partial charge in [-0.25, -0.2) is 4.99 Å². The molecule has 0 amide bonds. The van der Waals surface area contributed by atoms with E-state index in [1.165, 1.54) is 0 Å². The summed E-state index contributed by atoms with van der Waals surface area (Å²) in [5, 5.41) is 7.94. The molecular formula is C3H7N3NdO2. The number of rotatable bonds is 2. The van der Waals surface area contributed by atoms with Gasteiger partial charge in [-0.3, -0.25) is 4.79 Å². The summed E-state index contributed by atoms with van der Waals surface area (Å²) in [4.78, 5) is 12.9. The van der Waals surface area contributed by atoms with Crippen LogP contribution in [0.1, 0.15) is 0 Å². The van der Waals surface area contributed by atoms with Crippen molar-refractivity contribution < 1.29 is 50.7 Å². The molecule has 0 bridgehead atoms. The number of hydrogen-bond acceptors (Lipinski definition) is 2. The topological polar surface area (TPSA) is 102 Å². The number of nitrogens with zero attached hydrogens (tertiary/aromatic N) is 1. The van der Waals surface area contributed by atoms with Crippen LogP contribution in [0.2, 0.25) is 0 Å². The fourth-order valence-electron chi connectivity index (χ4n) is 0.159. The minimum atomic E-state index is -1.04. The normalized spacial score (nSPS) is 7.11. The van der Waals surface area contributed by atoms with Gasteiger partial charge in [-0.1, -0.05) is 0 Å². The zero-order chi connectivity index (χ0) is 6.57. The first kappa shape index (κ1) is 11.8. The Morgan fingerprint density at radius 1 is 1.56 bits per heavy atom. The number of hydrogen-bond donors (Lipinski definition) is 3. The zero-order valence-electron chi connectivity index (χ0n) is 4.66. The van der Waals surface area contributed by atoms with Gasteiger partial charge in [0.2, 0.25) is 0 Å². The van der Waals surface area contributed by atoms with Crippen molar-refractivity contribution in [3.05, 3.63) is 0 Å². The quantitative estimate of drug-likeness (QED) is 0.409. The van der Waals surface area contributed by atoms with E-state index in [-0.39, 0.29) is 53.3 Å². The standard InChI is InChI=1S/C3H7N3O2.Nd/c4-3(5)6-1-2(7)8;/h1H2,(H,7,8)(H4,4,5,6);. The summed E-state index contributed by atoms with van der Waals surface area (Å²) >= 11 is 0. The Kier molecular flexibility index (Phi) is 8.17. The van der Waals surface area contributed by atoms with Gasteiger partial charge in [-0.15, -0.1) is 0 Å². The van der Waals surface area contributed by atoms with Crippen molar-refractivity contribution in [2.24, 2.45) is 16.5 Å². The summed E-state index contributed by atoms with van der Waals surface area (Å²) in [6.45, 7) is -0.359. The van der Waals surface area contributed by atoms with Crippen molar-refractivity contribution in [3.8, 4) is 0 Å². The van der Waals surface area contributed by atoms with E-state index in [0.29, 0.717) is 0 Å². The Balaban J connectivity index is 0. The fraction of sp³-hybridized carbons (Fsp3) is 0.333. The fourth-order valence-corrected chi connectivity index (χ4v) is 0.159. The zero-order valence-corrected chi connectivity index (χ0v) is 7.87. The maximum Gasteiger partial charge on any atom is 0.325 e. The van der Waals surface area contributed by atoms with E-state index in [9.17, 15) is 4.79 Å². The molecule has 0 unspecified atom stereocenters. The predicted molar refractivity (Wildman–Crippen MR) is 28.3 cm³/mol. The van der Waals surface area contributed by atoms with Crippen LogP contribution in [0.5, 0.6) is 0 Å². The second-order valence-electron chi connectivity index (χ2n) is 1.13. The average molecular weight is 261 g/mol. The van der Waals surface area contributed by atoms with Crippen LogP contribution in [0.25, 0.3) is 0 Å². The van der Waals surface area contributed by atoms with E-state index in [0.717, 1.165) is 0 Å². The number of carboxylic acids is 1. The van der Waals surface area contributed by atoms with E-state index < -0.39 is 5.97 Å². The number of aliphatic imine (C=N–C) groups is 1. The van der Waals surface area contributed by atoms with Gasteiger partial charge >= 0.3 is 5.97 Å². The number of carboxylic acid groups (broad SMARTS) is 1. The monoisotopic (exact) mass is 259 g/mol. The van der Waals surface area contributed by atoms with Crippen LogP contribution in [0.3, 0.4) is 0 Å². The molecule has 5 nitrogen and oxygen atoms in total. The first-order valence-corrected chi connectivity index (χ1v) is 1.90. The van der Waals surface area contributed by atoms with Crippen molar-refractivity contribution in [2.45, 2.75) is 0 Å². The third-order valence-corrected chi connectivity index (χ3v) is 0.397. The Labute approximate surface area is 85.0 Å². The maximum absolute atomic E-state index is 9.69. The molecule has 0 aromatic heterocycles. The maximum atomic E-state index is 9.69. The minimum Gasteiger partial charge on any atom is -0.480 e. The first-order valence-electron chi connectivity index (χ1n) is 1.90. The Hall–Kier alpha value is 0.0906. The Morgan fingerprint density at radius 2 is 2.00 bits per heavy atom. The molecule has 0 rings (SSSR count). The van der Waals surface area contributed by atoms with Gasteiger partial charge in [0.05, 0.1) is 0 Å². The van der Waals surface area contributed by atoms with Crippen molar-refractivity contribution in [1.29, 1.82) is 0 Å². The smallest absolute Gasteiger partial charge is 0.325 e.